The van der Waals surface area contributed by atoms with Gasteiger partial charge in [0.2, 0.25) is 5.91 Å². The number of aryl methyl sites for hydroxylation is 2. The molecule has 3 aromatic rings. The molecular weight excluding hydrogens is 330 g/mol. The summed E-state index contributed by atoms with van der Waals surface area (Å²) < 4.78 is 11.5. The van der Waals surface area contributed by atoms with Gasteiger partial charge < -0.3 is 9.26 Å². The van der Waals surface area contributed by atoms with Gasteiger partial charge in [-0.15, -0.1) is 0 Å². The van der Waals surface area contributed by atoms with Gasteiger partial charge in [0.1, 0.15) is 18.4 Å². The van der Waals surface area contributed by atoms with E-state index >= 15 is 0 Å². The monoisotopic (exact) mass is 347 g/mol. The number of anilines is 1. The third-order valence-electron chi connectivity index (χ3n) is 5.10. The molecule has 0 saturated carbocycles. The molecular formula is C20H17N3O3. The summed E-state index contributed by atoms with van der Waals surface area (Å²) in [5.74, 6) is 1.55. The van der Waals surface area contributed by atoms with E-state index in [1.54, 1.807) is 6.20 Å². The smallest absolute Gasteiger partial charge is 0.232 e. The summed E-state index contributed by atoms with van der Waals surface area (Å²) in [6.45, 7) is 4.17. The van der Waals surface area contributed by atoms with Gasteiger partial charge in [-0.25, -0.2) is 0 Å². The number of hydrogen-bond acceptors (Lipinski definition) is 5. The van der Waals surface area contributed by atoms with E-state index in [2.05, 4.69) is 10.1 Å². The van der Waals surface area contributed by atoms with Crippen LogP contribution < -0.4 is 9.64 Å². The molecule has 1 atom stereocenters. The molecule has 0 saturated heterocycles. The number of amides is 1. The van der Waals surface area contributed by atoms with Gasteiger partial charge in [-0.3, -0.25) is 14.7 Å². The third-order valence-corrected chi connectivity index (χ3v) is 5.10. The van der Waals surface area contributed by atoms with Gasteiger partial charge in [0, 0.05) is 11.8 Å². The van der Waals surface area contributed by atoms with Gasteiger partial charge in [-0.05, 0) is 31.5 Å². The molecule has 0 aliphatic carbocycles. The predicted octanol–water partition coefficient (Wildman–Crippen LogP) is 3.38. The molecule has 6 nitrogen and oxygen atoms in total. The number of nitrogens with zero attached hydrogens (tertiary/aromatic N) is 3. The van der Waals surface area contributed by atoms with Crippen LogP contribution in [0.3, 0.4) is 0 Å². The van der Waals surface area contributed by atoms with Crippen molar-refractivity contribution in [1.29, 1.82) is 0 Å². The quantitative estimate of drug-likeness (QED) is 0.711. The average molecular weight is 347 g/mol. The summed E-state index contributed by atoms with van der Waals surface area (Å²) >= 11 is 0. The van der Waals surface area contributed by atoms with Crippen molar-refractivity contribution >= 4 is 11.6 Å². The van der Waals surface area contributed by atoms with Crippen molar-refractivity contribution in [1.82, 2.24) is 10.1 Å². The van der Waals surface area contributed by atoms with Crippen molar-refractivity contribution in [3.8, 4) is 16.9 Å². The van der Waals surface area contributed by atoms with Crippen LogP contribution in [0.1, 0.15) is 28.8 Å². The summed E-state index contributed by atoms with van der Waals surface area (Å²) in [5.41, 5.74) is 5.33. The van der Waals surface area contributed by atoms with Crippen molar-refractivity contribution in [2.24, 2.45) is 0 Å². The zero-order valence-corrected chi connectivity index (χ0v) is 14.5. The van der Waals surface area contributed by atoms with Crippen molar-refractivity contribution in [2.75, 3.05) is 11.5 Å². The van der Waals surface area contributed by atoms with E-state index in [1.165, 1.54) is 0 Å². The summed E-state index contributed by atoms with van der Waals surface area (Å²) in [6.07, 6.45) is 2.13. The lowest BCUT2D eigenvalue weighted by Gasteiger charge is -2.34. The molecule has 130 valence electrons. The largest absolute Gasteiger partial charge is 0.488 e. The minimum absolute atomic E-state index is 0.0797. The van der Waals surface area contributed by atoms with E-state index < -0.39 is 0 Å². The Morgan fingerprint density at radius 3 is 2.81 bits per heavy atom. The lowest BCUT2D eigenvalue weighted by atomic mass is 9.98. The number of carbonyl (C=O) groups excluding carboxylic acids is 1. The van der Waals surface area contributed by atoms with Gasteiger partial charge in [0.15, 0.2) is 5.75 Å². The number of carbonyl (C=O) groups is 1. The Kier molecular flexibility index (Phi) is 3.16. The van der Waals surface area contributed by atoms with Crippen LogP contribution >= 0.6 is 0 Å². The highest BCUT2D eigenvalue weighted by molar-refractivity contribution is 6.06. The van der Waals surface area contributed by atoms with Crippen molar-refractivity contribution in [3.63, 3.8) is 0 Å². The normalized spacial score (nSPS) is 18.0. The first-order chi connectivity index (χ1) is 12.6. The summed E-state index contributed by atoms with van der Waals surface area (Å²) in [4.78, 5) is 19.1. The highest BCUT2D eigenvalue weighted by Crippen LogP contribution is 2.51. The maximum Gasteiger partial charge on any atom is 0.232 e. The number of rotatable bonds is 2. The van der Waals surface area contributed by atoms with Crippen LogP contribution in [0.4, 0.5) is 5.69 Å². The first kappa shape index (κ1) is 15.1. The third kappa shape index (κ3) is 2.02. The lowest BCUT2D eigenvalue weighted by molar-refractivity contribution is -0.118. The maximum absolute atomic E-state index is 12.8. The van der Waals surface area contributed by atoms with Crippen molar-refractivity contribution in [3.05, 3.63) is 59.2 Å². The second-order valence-corrected chi connectivity index (χ2v) is 6.67. The van der Waals surface area contributed by atoms with E-state index in [4.69, 9.17) is 9.26 Å². The second-order valence-electron chi connectivity index (χ2n) is 6.67. The Hall–Kier alpha value is -3.15. The van der Waals surface area contributed by atoms with Crippen LogP contribution in [0.15, 0.2) is 41.1 Å². The standard InChI is InChI=1S/C20H17N3O3/c1-11-18(12(2)26-22-11)14-7-6-13-9-17(24)23-16(10-25-20(14)19(13)23)15-5-3-4-8-21-15/h3-8,16H,9-10H2,1-2H3. The molecule has 0 bridgehead atoms. The van der Waals surface area contributed by atoms with Gasteiger partial charge in [-0.1, -0.05) is 23.4 Å². The van der Waals surface area contributed by atoms with Crippen LogP contribution in [0.5, 0.6) is 5.75 Å². The molecule has 2 aromatic heterocycles. The van der Waals surface area contributed by atoms with Crippen LogP contribution in [0.25, 0.3) is 11.1 Å². The highest BCUT2D eigenvalue weighted by atomic mass is 16.5. The number of hydrogen-bond donors (Lipinski definition) is 0. The maximum atomic E-state index is 12.8. The van der Waals surface area contributed by atoms with E-state index in [0.717, 1.165) is 45.3 Å². The van der Waals surface area contributed by atoms with E-state index in [1.807, 2.05) is 49.1 Å². The summed E-state index contributed by atoms with van der Waals surface area (Å²) in [6, 6.07) is 9.52. The Balaban J connectivity index is 1.70. The van der Waals surface area contributed by atoms with Crippen LogP contribution in [-0.2, 0) is 11.2 Å². The molecule has 6 heteroatoms. The van der Waals surface area contributed by atoms with E-state index in [9.17, 15) is 4.79 Å². The molecule has 1 amide bonds. The van der Waals surface area contributed by atoms with E-state index in [-0.39, 0.29) is 11.9 Å². The Bertz CT molecular complexity index is 1010. The molecule has 26 heavy (non-hydrogen) atoms. The molecule has 0 fully saturated rings. The van der Waals surface area contributed by atoms with Crippen molar-refractivity contribution in [2.45, 2.75) is 26.3 Å². The highest BCUT2D eigenvalue weighted by Gasteiger charge is 2.42. The first-order valence-electron chi connectivity index (χ1n) is 8.60. The van der Waals surface area contributed by atoms with Crippen LogP contribution in [0, 0.1) is 13.8 Å². The number of ether oxygens (including phenoxy) is 1. The molecule has 2 aliphatic heterocycles. The zero-order valence-electron chi connectivity index (χ0n) is 14.5. The molecule has 5 rings (SSSR count). The first-order valence-corrected chi connectivity index (χ1v) is 8.60. The van der Waals surface area contributed by atoms with Crippen molar-refractivity contribution < 1.29 is 14.1 Å². The van der Waals surface area contributed by atoms with Gasteiger partial charge in [0.25, 0.3) is 0 Å². The Labute approximate surface area is 150 Å². The molecule has 0 spiro atoms. The minimum Gasteiger partial charge on any atom is -0.488 e. The lowest BCUT2D eigenvalue weighted by Crippen LogP contribution is -2.38. The fraction of sp³-hybridized carbons (Fsp3) is 0.250. The number of aromatic nitrogens is 2. The Morgan fingerprint density at radius 1 is 1.19 bits per heavy atom. The predicted molar refractivity (Wildman–Crippen MR) is 95.1 cm³/mol. The molecule has 2 aliphatic rings. The number of pyridine rings is 1. The summed E-state index contributed by atoms with van der Waals surface area (Å²) in [7, 11) is 0. The molecule has 0 radical (unpaired) electrons. The van der Waals surface area contributed by atoms with Gasteiger partial charge in [-0.2, -0.15) is 0 Å². The van der Waals surface area contributed by atoms with Gasteiger partial charge in [0.05, 0.1) is 29.1 Å². The zero-order chi connectivity index (χ0) is 17.8. The van der Waals surface area contributed by atoms with Crippen LogP contribution in [-0.4, -0.2) is 22.7 Å². The fourth-order valence-electron chi connectivity index (χ4n) is 3.96. The fourth-order valence-corrected chi connectivity index (χ4v) is 3.96. The second kappa shape index (κ2) is 5.42. The summed E-state index contributed by atoms with van der Waals surface area (Å²) in [5, 5.41) is 4.05. The average Bonchev–Trinajstić information content (AvgIpc) is 3.17. The topological polar surface area (TPSA) is 68.5 Å². The minimum atomic E-state index is -0.211. The molecule has 4 heterocycles. The van der Waals surface area contributed by atoms with E-state index in [0.29, 0.717) is 13.0 Å². The van der Waals surface area contributed by atoms with Gasteiger partial charge >= 0.3 is 0 Å². The van der Waals surface area contributed by atoms with Crippen LogP contribution in [0.2, 0.25) is 0 Å². The molecule has 1 aromatic carbocycles. The molecule has 1 unspecified atom stereocenters. The SMILES string of the molecule is Cc1noc(C)c1-c1ccc2c3c1OCC(c1ccccn1)N3C(=O)C2. The molecule has 0 N–H and O–H groups in total. The Morgan fingerprint density at radius 2 is 2.08 bits per heavy atom. The number of benzene rings is 1.